The molecule has 2 atom stereocenters. The molecule has 2 heteroatoms. The first kappa shape index (κ1) is 10.7. The van der Waals surface area contributed by atoms with Crippen LogP contribution in [0.15, 0.2) is 30.3 Å². The van der Waals surface area contributed by atoms with Gasteiger partial charge in [0.25, 0.3) is 0 Å². The minimum Gasteiger partial charge on any atom is -0.372 e. The van der Waals surface area contributed by atoms with Crippen LogP contribution in [0.2, 0.25) is 0 Å². The molecule has 0 bridgehead atoms. The van der Waals surface area contributed by atoms with Crippen molar-refractivity contribution < 1.29 is 4.74 Å². The second-order valence-electron chi connectivity index (χ2n) is 4.44. The molecule has 0 saturated carbocycles. The van der Waals surface area contributed by atoms with Crippen molar-refractivity contribution >= 4 is 0 Å². The Balaban J connectivity index is 2.14. The third-order valence-corrected chi connectivity index (χ3v) is 3.02. The highest BCUT2D eigenvalue weighted by atomic mass is 16.5. The molecular weight excluding hydrogens is 186 g/mol. The Morgan fingerprint density at radius 1 is 1.27 bits per heavy atom. The summed E-state index contributed by atoms with van der Waals surface area (Å²) in [6.45, 7) is 5.24. The second kappa shape index (κ2) is 4.77. The van der Waals surface area contributed by atoms with Crippen LogP contribution in [0, 0.1) is 5.92 Å². The fourth-order valence-corrected chi connectivity index (χ4v) is 2.25. The van der Waals surface area contributed by atoms with Crippen molar-refractivity contribution in [1.82, 2.24) is 4.90 Å². The highest BCUT2D eigenvalue weighted by Crippen LogP contribution is 2.28. The summed E-state index contributed by atoms with van der Waals surface area (Å²) < 4.78 is 5.93. The summed E-state index contributed by atoms with van der Waals surface area (Å²) in [5.74, 6) is 0.555. The van der Waals surface area contributed by atoms with Gasteiger partial charge < -0.3 is 9.64 Å². The first-order valence-corrected chi connectivity index (χ1v) is 5.62. The molecule has 0 radical (unpaired) electrons. The molecule has 82 valence electrons. The largest absolute Gasteiger partial charge is 0.372 e. The van der Waals surface area contributed by atoms with E-state index < -0.39 is 0 Å². The standard InChI is InChI=1S/C13H19NO/c1-11-10-14(2)8-9-15-13(11)12-6-4-3-5-7-12/h3-7,11,13H,8-10H2,1-2H3. The topological polar surface area (TPSA) is 12.5 Å². The maximum atomic E-state index is 5.93. The van der Waals surface area contributed by atoms with Gasteiger partial charge in [-0.15, -0.1) is 0 Å². The Kier molecular flexibility index (Phi) is 3.39. The number of hydrogen-bond donors (Lipinski definition) is 0. The van der Waals surface area contributed by atoms with Crippen molar-refractivity contribution in [1.29, 1.82) is 0 Å². The molecule has 1 aromatic rings. The quantitative estimate of drug-likeness (QED) is 0.697. The van der Waals surface area contributed by atoms with Gasteiger partial charge in [0.15, 0.2) is 0 Å². The molecule has 1 fully saturated rings. The van der Waals surface area contributed by atoms with Crippen molar-refractivity contribution in [3.05, 3.63) is 35.9 Å². The van der Waals surface area contributed by atoms with Crippen molar-refractivity contribution in [3.8, 4) is 0 Å². The lowest BCUT2D eigenvalue weighted by molar-refractivity contribution is 0.0359. The first-order chi connectivity index (χ1) is 7.27. The second-order valence-corrected chi connectivity index (χ2v) is 4.44. The van der Waals surface area contributed by atoms with Gasteiger partial charge in [0.05, 0.1) is 12.7 Å². The Bertz CT molecular complexity index is 299. The number of ether oxygens (including phenoxy) is 1. The maximum absolute atomic E-state index is 5.93. The van der Waals surface area contributed by atoms with Crippen LogP contribution < -0.4 is 0 Å². The fourth-order valence-electron chi connectivity index (χ4n) is 2.25. The predicted molar refractivity (Wildman–Crippen MR) is 61.8 cm³/mol. The van der Waals surface area contributed by atoms with Crippen molar-refractivity contribution in [2.75, 3.05) is 26.7 Å². The van der Waals surface area contributed by atoms with Crippen LogP contribution in [-0.2, 0) is 4.74 Å². The highest BCUT2D eigenvalue weighted by Gasteiger charge is 2.23. The van der Waals surface area contributed by atoms with Crippen molar-refractivity contribution in [3.63, 3.8) is 0 Å². The fraction of sp³-hybridized carbons (Fsp3) is 0.538. The summed E-state index contributed by atoms with van der Waals surface area (Å²) in [5, 5.41) is 0. The zero-order valence-electron chi connectivity index (χ0n) is 9.52. The minimum atomic E-state index is 0.260. The van der Waals surface area contributed by atoms with Crippen LogP contribution >= 0.6 is 0 Å². The minimum absolute atomic E-state index is 0.260. The molecule has 2 unspecified atom stereocenters. The lowest BCUT2D eigenvalue weighted by Gasteiger charge is -2.22. The van der Waals surface area contributed by atoms with Gasteiger partial charge in [-0.05, 0) is 18.5 Å². The molecule has 0 aliphatic carbocycles. The van der Waals surface area contributed by atoms with Gasteiger partial charge >= 0.3 is 0 Å². The Morgan fingerprint density at radius 2 is 2.00 bits per heavy atom. The number of likely N-dealkylation sites (N-methyl/N-ethyl adjacent to an activating group) is 1. The average molecular weight is 205 g/mol. The van der Waals surface area contributed by atoms with Crippen LogP contribution in [0.25, 0.3) is 0 Å². The Labute approximate surface area is 91.9 Å². The van der Waals surface area contributed by atoms with Crippen LogP contribution in [0.5, 0.6) is 0 Å². The van der Waals surface area contributed by atoms with E-state index in [4.69, 9.17) is 4.74 Å². The van der Waals surface area contributed by atoms with Crippen LogP contribution in [0.4, 0.5) is 0 Å². The normalized spacial score (nSPS) is 28.7. The van der Waals surface area contributed by atoms with E-state index in [1.807, 2.05) is 0 Å². The summed E-state index contributed by atoms with van der Waals surface area (Å²) in [4.78, 5) is 2.34. The lowest BCUT2D eigenvalue weighted by atomic mass is 9.97. The van der Waals surface area contributed by atoms with E-state index in [1.165, 1.54) is 5.56 Å². The summed E-state index contributed by atoms with van der Waals surface area (Å²) >= 11 is 0. The SMILES string of the molecule is CC1CN(C)CCOC1c1ccccc1. The monoisotopic (exact) mass is 205 g/mol. The molecule has 1 aliphatic rings. The molecule has 15 heavy (non-hydrogen) atoms. The van der Waals surface area contributed by atoms with E-state index >= 15 is 0 Å². The van der Waals surface area contributed by atoms with Gasteiger partial charge in [-0.2, -0.15) is 0 Å². The molecule has 1 saturated heterocycles. The summed E-state index contributed by atoms with van der Waals surface area (Å²) in [7, 11) is 2.16. The molecule has 0 N–H and O–H groups in total. The summed E-state index contributed by atoms with van der Waals surface area (Å²) in [6, 6.07) is 10.5. The number of rotatable bonds is 1. The van der Waals surface area contributed by atoms with Gasteiger partial charge in [0, 0.05) is 13.1 Å². The summed E-state index contributed by atoms with van der Waals surface area (Å²) in [5.41, 5.74) is 1.31. The molecule has 0 spiro atoms. The van der Waals surface area contributed by atoms with E-state index in [0.29, 0.717) is 5.92 Å². The molecular formula is C13H19NO. The Hall–Kier alpha value is -0.860. The Morgan fingerprint density at radius 3 is 2.73 bits per heavy atom. The number of benzene rings is 1. The molecule has 2 nitrogen and oxygen atoms in total. The average Bonchev–Trinajstić information content (AvgIpc) is 2.40. The molecule has 1 aromatic carbocycles. The van der Waals surface area contributed by atoms with Crippen molar-refractivity contribution in [2.24, 2.45) is 5.92 Å². The van der Waals surface area contributed by atoms with E-state index in [-0.39, 0.29) is 6.10 Å². The van der Waals surface area contributed by atoms with Gasteiger partial charge in [0.2, 0.25) is 0 Å². The molecule has 1 aliphatic heterocycles. The number of nitrogens with zero attached hydrogens (tertiary/aromatic N) is 1. The van der Waals surface area contributed by atoms with Gasteiger partial charge in [0.1, 0.15) is 0 Å². The highest BCUT2D eigenvalue weighted by molar-refractivity contribution is 5.18. The van der Waals surface area contributed by atoms with Crippen LogP contribution in [0.1, 0.15) is 18.6 Å². The third kappa shape index (κ3) is 2.58. The zero-order valence-corrected chi connectivity index (χ0v) is 9.52. The van der Waals surface area contributed by atoms with Gasteiger partial charge in [-0.3, -0.25) is 0 Å². The van der Waals surface area contributed by atoms with E-state index in [9.17, 15) is 0 Å². The van der Waals surface area contributed by atoms with Crippen LogP contribution in [-0.4, -0.2) is 31.6 Å². The van der Waals surface area contributed by atoms with E-state index in [0.717, 1.165) is 19.7 Å². The van der Waals surface area contributed by atoms with E-state index in [1.54, 1.807) is 0 Å². The number of hydrogen-bond acceptors (Lipinski definition) is 2. The lowest BCUT2D eigenvalue weighted by Crippen LogP contribution is -2.25. The predicted octanol–water partition coefficient (Wildman–Crippen LogP) is 2.33. The smallest absolute Gasteiger partial charge is 0.0863 e. The van der Waals surface area contributed by atoms with Gasteiger partial charge in [-0.1, -0.05) is 37.3 Å². The van der Waals surface area contributed by atoms with Gasteiger partial charge in [-0.25, -0.2) is 0 Å². The maximum Gasteiger partial charge on any atom is 0.0863 e. The summed E-state index contributed by atoms with van der Waals surface area (Å²) in [6.07, 6.45) is 0.260. The third-order valence-electron chi connectivity index (χ3n) is 3.02. The van der Waals surface area contributed by atoms with Crippen LogP contribution in [0.3, 0.4) is 0 Å². The first-order valence-electron chi connectivity index (χ1n) is 5.62. The zero-order chi connectivity index (χ0) is 10.7. The molecule has 1 heterocycles. The van der Waals surface area contributed by atoms with Crippen molar-refractivity contribution in [2.45, 2.75) is 13.0 Å². The molecule has 0 aromatic heterocycles. The molecule has 0 amide bonds. The molecule has 2 rings (SSSR count). The van der Waals surface area contributed by atoms with E-state index in [2.05, 4.69) is 49.2 Å².